The molecule has 11 nitrogen and oxygen atoms in total. The van der Waals surface area contributed by atoms with Gasteiger partial charge in [0.05, 0.1) is 9.40 Å². The maximum absolute atomic E-state index is 13.0. The minimum Gasteiger partial charge on any atom is -0.292 e. The highest BCUT2D eigenvalue weighted by Crippen LogP contribution is 2.45. The Morgan fingerprint density at radius 2 is 0.950 bits per heavy atom. The first-order valence-electron chi connectivity index (χ1n) is 13.7. The molecule has 202 valence electrons. The van der Waals surface area contributed by atoms with Crippen molar-refractivity contribution in [2.75, 3.05) is 0 Å². The Bertz CT molecular complexity index is 1710. The summed E-state index contributed by atoms with van der Waals surface area (Å²) in [6.07, 6.45) is 6.73. The molecule has 4 fully saturated rings. The summed E-state index contributed by atoms with van der Waals surface area (Å²) < 4.78 is 1.47. The van der Waals surface area contributed by atoms with Gasteiger partial charge in [-0.25, -0.2) is 20.0 Å². The molecular formula is C27H23N7O4S2. The summed E-state index contributed by atoms with van der Waals surface area (Å²) >= 11 is 2.51. The summed E-state index contributed by atoms with van der Waals surface area (Å²) in [5.41, 5.74) is 2.15. The van der Waals surface area contributed by atoms with E-state index in [0.29, 0.717) is 32.3 Å². The van der Waals surface area contributed by atoms with E-state index in [0.717, 1.165) is 60.8 Å². The molecule has 4 aliphatic carbocycles. The van der Waals surface area contributed by atoms with Crippen LogP contribution in [-0.2, 0) is 26.2 Å². The van der Waals surface area contributed by atoms with Gasteiger partial charge in [-0.15, -0.1) is 0 Å². The van der Waals surface area contributed by atoms with Crippen molar-refractivity contribution in [3.05, 3.63) is 0 Å². The van der Waals surface area contributed by atoms with Crippen molar-refractivity contribution in [3.63, 3.8) is 0 Å². The Morgan fingerprint density at radius 3 is 1.30 bits per heavy atom. The molecule has 8 rings (SSSR count). The van der Waals surface area contributed by atoms with E-state index < -0.39 is 0 Å². The number of nitrogens with zero attached hydrogens (tertiary/aromatic N) is 7. The fourth-order valence-corrected chi connectivity index (χ4v) is 8.96. The molecule has 3 heterocycles. The summed E-state index contributed by atoms with van der Waals surface area (Å²) in [5.74, 6) is -1.75. The fraction of sp³-hybridized carbons (Fsp3) is 0.481. The fourth-order valence-electron chi connectivity index (χ4n) is 6.94. The van der Waals surface area contributed by atoms with Crippen LogP contribution in [0.5, 0.6) is 0 Å². The molecule has 4 aromatic rings. The molecule has 4 saturated carbocycles. The number of hydrogen-bond donors (Lipinski definition) is 0. The van der Waals surface area contributed by atoms with E-state index in [4.69, 9.17) is 0 Å². The van der Waals surface area contributed by atoms with Crippen LogP contribution in [-0.4, -0.2) is 59.5 Å². The smallest absolute Gasteiger partial charge is 0.211 e. The minimum atomic E-state index is -0.263. The predicted octanol–water partition coefficient (Wildman–Crippen LogP) is 4.25. The molecule has 4 unspecified atom stereocenters. The number of carbonyl (C=O) groups excluding carboxylic acids is 4. The lowest BCUT2D eigenvalue weighted by atomic mass is 9.81. The van der Waals surface area contributed by atoms with Gasteiger partial charge in [0, 0.05) is 30.7 Å². The van der Waals surface area contributed by atoms with Gasteiger partial charge < -0.3 is 0 Å². The van der Waals surface area contributed by atoms with E-state index in [1.54, 1.807) is 7.05 Å². The van der Waals surface area contributed by atoms with Crippen molar-refractivity contribution in [1.82, 2.24) is 25.0 Å². The molecule has 0 radical (unpaired) electrons. The van der Waals surface area contributed by atoms with E-state index in [1.807, 2.05) is 0 Å². The van der Waals surface area contributed by atoms with Crippen molar-refractivity contribution < 1.29 is 19.2 Å². The molecule has 0 N–H and O–H groups in total. The van der Waals surface area contributed by atoms with Crippen LogP contribution in [0.4, 0.5) is 10.3 Å². The van der Waals surface area contributed by atoms with Crippen LogP contribution < -0.4 is 0 Å². The normalized spacial score (nSPS) is 26.9. The van der Waals surface area contributed by atoms with Crippen LogP contribution in [0.2, 0.25) is 0 Å². The number of aryl methyl sites for hydroxylation is 1. The molecular weight excluding hydrogens is 550 g/mol. The number of fused-ring (bicyclic) bond motifs is 8. The minimum absolute atomic E-state index is 0.00120. The van der Waals surface area contributed by atoms with Crippen LogP contribution in [0, 0.1) is 23.7 Å². The number of carbonyl (C=O) groups is 4. The number of aliphatic imine (C=N–C) groups is 2. The Labute approximate surface area is 234 Å². The van der Waals surface area contributed by atoms with Crippen molar-refractivity contribution in [2.45, 2.75) is 51.4 Å². The third-order valence-corrected chi connectivity index (χ3v) is 10.9. The molecule has 0 saturated heterocycles. The number of Topliss-reactive ketones (excluding diaryl/α,β-unsaturated/α-hetero) is 4. The Balaban J connectivity index is 1.27. The highest BCUT2D eigenvalue weighted by atomic mass is 32.1. The first-order chi connectivity index (χ1) is 19.4. The third kappa shape index (κ3) is 3.39. The number of aromatic nitrogens is 5. The second-order valence-corrected chi connectivity index (χ2v) is 13.1. The van der Waals surface area contributed by atoms with Crippen molar-refractivity contribution in [1.29, 1.82) is 0 Å². The second-order valence-electron chi connectivity index (χ2n) is 11.1. The molecule has 0 amide bonds. The molecule has 1 aromatic carbocycles. The number of ketones is 4. The monoisotopic (exact) mass is 573 g/mol. The summed E-state index contributed by atoms with van der Waals surface area (Å²) in [4.78, 5) is 71.9. The number of benzene rings is 1. The average molecular weight is 574 g/mol. The quantitative estimate of drug-likeness (QED) is 0.345. The summed E-state index contributed by atoms with van der Waals surface area (Å²) in [6, 6.07) is 0. The molecule has 0 bridgehead atoms. The van der Waals surface area contributed by atoms with E-state index in [-0.39, 0.29) is 58.2 Å². The van der Waals surface area contributed by atoms with Gasteiger partial charge in [-0.2, -0.15) is 15.0 Å². The average Bonchev–Trinajstić information content (AvgIpc) is 3.75. The first kappa shape index (κ1) is 24.2. The zero-order valence-corrected chi connectivity index (χ0v) is 23.2. The Hall–Kier alpha value is -3.58. The van der Waals surface area contributed by atoms with Crippen molar-refractivity contribution in [3.8, 4) is 0 Å². The second kappa shape index (κ2) is 8.71. The van der Waals surface area contributed by atoms with E-state index in [1.165, 1.54) is 27.5 Å². The Kier molecular flexibility index (Phi) is 5.28. The van der Waals surface area contributed by atoms with Crippen molar-refractivity contribution in [2.24, 2.45) is 40.7 Å². The topological polar surface area (TPSA) is 149 Å². The van der Waals surface area contributed by atoms with E-state index in [9.17, 15) is 19.2 Å². The van der Waals surface area contributed by atoms with Gasteiger partial charge in [-0.3, -0.25) is 19.2 Å². The SMILES string of the molecule is Cn1nc2c(n1)c1nc(N=C3C(=O)C4CCCCC4C3=O)sc1c1sc(N=C3C(=O)C4CCCCC4C3=O)nc21. The first-order valence-corrected chi connectivity index (χ1v) is 15.3. The molecule has 4 aliphatic rings. The van der Waals surface area contributed by atoms with Crippen molar-refractivity contribution >= 4 is 99.0 Å². The highest BCUT2D eigenvalue weighted by molar-refractivity contribution is 7.30. The summed E-state index contributed by atoms with van der Waals surface area (Å²) in [5, 5.41) is 9.60. The lowest BCUT2D eigenvalue weighted by Crippen LogP contribution is -2.21. The number of hydrogen-bond acceptors (Lipinski definition) is 12. The predicted molar refractivity (Wildman–Crippen MR) is 150 cm³/mol. The molecule has 13 heteroatoms. The lowest BCUT2D eigenvalue weighted by molar-refractivity contribution is -0.120. The van der Waals surface area contributed by atoms with Gasteiger partial charge in [0.2, 0.25) is 10.3 Å². The van der Waals surface area contributed by atoms with Gasteiger partial charge in [0.15, 0.2) is 34.6 Å². The molecule has 0 spiro atoms. The Morgan fingerprint density at radius 1 is 0.600 bits per heavy atom. The van der Waals surface area contributed by atoms with Crippen LogP contribution in [0.3, 0.4) is 0 Å². The summed E-state index contributed by atoms with van der Waals surface area (Å²) in [7, 11) is 1.70. The molecule has 3 aromatic heterocycles. The highest BCUT2D eigenvalue weighted by Gasteiger charge is 2.48. The van der Waals surface area contributed by atoms with Crippen LogP contribution in [0.1, 0.15) is 51.4 Å². The molecule has 4 atom stereocenters. The maximum atomic E-state index is 13.0. The van der Waals surface area contributed by atoms with Crippen LogP contribution in [0.15, 0.2) is 9.98 Å². The van der Waals surface area contributed by atoms with Gasteiger partial charge in [-0.05, 0) is 25.7 Å². The van der Waals surface area contributed by atoms with Crippen LogP contribution >= 0.6 is 22.7 Å². The van der Waals surface area contributed by atoms with Crippen LogP contribution in [0.25, 0.3) is 31.5 Å². The maximum Gasteiger partial charge on any atom is 0.211 e. The van der Waals surface area contributed by atoms with E-state index >= 15 is 0 Å². The standard InChI is InChI=1S/C27H23N7O4S2/c1-34-32-14-15(33-34)17-25(40-27(29-17)31-19-22(37)12-8-4-5-9-13(12)23(19)38)24-16(14)28-26(39-24)30-18-20(35)10-6-2-3-7-11(10)21(18)36/h10-13H,2-9H2,1H3. The molecule has 40 heavy (non-hydrogen) atoms. The van der Waals surface area contributed by atoms with E-state index in [2.05, 4.69) is 30.2 Å². The van der Waals surface area contributed by atoms with Gasteiger partial charge in [0.1, 0.15) is 22.1 Å². The summed E-state index contributed by atoms with van der Waals surface area (Å²) in [6.45, 7) is 0. The van der Waals surface area contributed by atoms with Gasteiger partial charge in [-0.1, -0.05) is 48.4 Å². The molecule has 0 aliphatic heterocycles. The zero-order chi connectivity index (χ0) is 27.3. The lowest BCUT2D eigenvalue weighted by Gasteiger charge is -2.20. The third-order valence-electron chi connectivity index (χ3n) is 8.83. The number of rotatable bonds is 2. The largest absolute Gasteiger partial charge is 0.292 e. The van der Waals surface area contributed by atoms with Gasteiger partial charge in [0.25, 0.3) is 0 Å². The zero-order valence-electron chi connectivity index (χ0n) is 21.5. The number of thiazole rings is 2. The van der Waals surface area contributed by atoms with Gasteiger partial charge >= 0.3 is 0 Å².